The third-order valence-corrected chi connectivity index (χ3v) is 3.97. The van der Waals surface area contributed by atoms with Crippen LogP contribution in [0.4, 0.5) is 0 Å². The van der Waals surface area contributed by atoms with Gasteiger partial charge >= 0.3 is 0 Å². The van der Waals surface area contributed by atoms with Crippen LogP contribution < -0.4 is 0 Å². The number of benzene rings is 1. The monoisotopic (exact) mass is 232 g/mol. The Morgan fingerprint density at radius 1 is 1.24 bits per heavy atom. The molecule has 92 valence electrons. The van der Waals surface area contributed by atoms with Crippen LogP contribution in [0.3, 0.4) is 0 Å². The highest BCUT2D eigenvalue weighted by atomic mass is 16.3. The standard InChI is InChI=1S/C16H22O/c1-10(2)12-5-6-13-7-14(11(3)4)9-16(17)15(13)8-12/h5-6,8,10-11,14H,7,9H2,1-4H3/i16+2. The highest BCUT2D eigenvalue weighted by Crippen LogP contribution is 2.31. The minimum absolute atomic E-state index is 0.340. The number of hydrogen-bond donors (Lipinski definition) is 0. The van der Waals surface area contributed by atoms with E-state index >= 15 is 0 Å². The fourth-order valence-corrected chi connectivity index (χ4v) is 2.56. The Morgan fingerprint density at radius 3 is 2.53 bits per heavy atom. The minimum Gasteiger partial charge on any atom is -0.294 e. The second kappa shape index (κ2) is 4.64. The maximum atomic E-state index is 12.2. The molecule has 0 fully saturated rings. The molecule has 1 unspecified atom stereocenters. The number of hydrogen-bond acceptors (Lipinski definition) is 1. The fraction of sp³-hybridized carbons (Fsp3) is 0.562. The lowest BCUT2D eigenvalue weighted by atomic mass is 9.85. The normalized spacial score (nSPS) is 19.9. The van der Waals surface area contributed by atoms with Crippen molar-refractivity contribution in [1.82, 2.24) is 0 Å². The molecule has 1 aliphatic rings. The zero-order valence-corrected chi connectivity index (χ0v) is 11.3. The molecular weight excluding hydrogens is 210 g/mol. The maximum absolute atomic E-state index is 12.2. The summed E-state index contributed by atoms with van der Waals surface area (Å²) in [7, 11) is 0. The lowest BCUT2D eigenvalue weighted by molar-refractivity contribution is 0.0933. The average molecular weight is 232 g/mol. The highest BCUT2D eigenvalue weighted by molar-refractivity contribution is 5.98. The molecule has 0 N–H and O–H groups in total. The van der Waals surface area contributed by atoms with Gasteiger partial charge in [0.1, 0.15) is 0 Å². The van der Waals surface area contributed by atoms with Crippen LogP contribution in [0.15, 0.2) is 18.2 Å². The van der Waals surface area contributed by atoms with Crippen molar-refractivity contribution < 1.29 is 4.79 Å². The summed E-state index contributed by atoms with van der Waals surface area (Å²) >= 11 is 0. The summed E-state index contributed by atoms with van der Waals surface area (Å²) in [5.74, 6) is 1.96. The van der Waals surface area contributed by atoms with E-state index in [0.717, 1.165) is 18.4 Å². The lowest BCUT2D eigenvalue weighted by Crippen LogP contribution is -2.24. The molecule has 1 heteroatoms. The molecule has 0 saturated heterocycles. The van der Waals surface area contributed by atoms with Crippen molar-refractivity contribution in [3.8, 4) is 0 Å². The molecule has 2 rings (SSSR count). The summed E-state index contributed by atoms with van der Waals surface area (Å²) in [6.07, 6.45) is 1.79. The molecule has 0 spiro atoms. The molecular formula is C16H22O. The third-order valence-electron chi connectivity index (χ3n) is 3.97. The smallest absolute Gasteiger partial charge is 0.163 e. The Bertz CT molecular complexity index is 429. The van der Waals surface area contributed by atoms with Crippen LogP contribution in [0, 0.1) is 11.8 Å². The quantitative estimate of drug-likeness (QED) is 0.746. The first-order chi connectivity index (χ1) is 7.99. The van der Waals surface area contributed by atoms with Crippen LogP contribution in [0.25, 0.3) is 0 Å². The average Bonchev–Trinajstić information content (AvgIpc) is 2.28. The summed E-state index contributed by atoms with van der Waals surface area (Å²) in [4.78, 5) is 12.2. The van der Waals surface area contributed by atoms with Gasteiger partial charge in [0.05, 0.1) is 0 Å². The van der Waals surface area contributed by atoms with E-state index in [1.54, 1.807) is 0 Å². The van der Waals surface area contributed by atoms with Crippen LogP contribution in [0.2, 0.25) is 0 Å². The van der Waals surface area contributed by atoms with Gasteiger partial charge < -0.3 is 0 Å². The van der Waals surface area contributed by atoms with E-state index in [2.05, 4.69) is 45.9 Å². The van der Waals surface area contributed by atoms with Gasteiger partial charge in [0.25, 0.3) is 0 Å². The second-order valence-corrected chi connectivity index (χ2v) is 5.91. The topological polar surface area (TPSA) is 17.1 Å². The van der Waals surface area contributed by atoms with Crippen molar-refractivity contribution in [3.05, 3.63) is 34.9 Å². The largest absolute Gasteiger partial charge is 0.294 e. The van der Waals surface area contributed by atoms with E-state index in [9.17, 15) is 4.79 Å². The zero-order chi connectivity index (χ0) is 12.6. The highest BCUT2D eigenvalue weighted by Gasteiger charge is 2.27. The second-order valence-electron chi connectivity index (χ2n) is 5.91. The summed E-state index contributed by atoms with van der Waals surface area (Å²) < 4.78 is 0. The first-order valence-corrected chi connectivity index (χ1v) is 6.65. The summed E-state index contributed by atoms with van der Waals surface area (Å²) in [5.41, 5.74) is 3.51. The van der Waals surface area contributed by atoms with Crippen molar-refractivity contribution in [3.63, 3.8) is 0 Å². The molecule has 1 aliphatic carbocycles. The van der Waals surface area contributed by atoms with Crippen LogP contribution >= 0.6 is 0 Å². The molecule has 0 saturated carbocycles. The summed E-state index contributed by atoms with van der Waals surface area (Å²) in [6.45, 7) is 8.77. The predicted octanol–water partition coefficient (Wildman–Crippen LogP) is 4.21. The molecule has 0 bridgehead atoms. The Morgan fingerprint density at radius 2 is 1.94 bits per heavy atom. The Balaban J connectivity index is 2.35. The molecule has 1 aromatic carbocycles. The van der Waals surface area contributed by atoms with Crippen molar-refractivity contribution in [2.24, 2.45) is 11.8 Å². The van der Waals surface area contributed by atoms with E-state index in [0.29, 0.717) is 23.5 Å². The van der Waals surface area contributed by atoms with E-state index in [1.807, 2.05) is 0 Å². The van der Waals surface area contributed by atoms with Gasteiger partial charge in [-0.25, -0.2) is 0 Å². The summed E-state index contributed by atoms with van der Waals surface area (Å²) in [5, 5.41) is 0. The van der Waals surface area contributed by atoms with Crippen molar-refractivity contribution in [1.29, 1.82) is 0 Å². The van der Waals surface area contributed by atoms with Crippen molar-refractivity contribution >= 4 is 5.78 Å². The molecule has 1 atom stereocenters. The fourth-order valence-electron chi connectivity index (χ4n) is 2.56. The van der Waals surface area contributed by atoms with E-state index < -0.39 is 0 Å². The van der Waals surface area contributed by atoms with Gasteiger partial charge in [-0.1, -0.05) is 39.8 Å². The minimum atomic E-state index is 0.340. The molecule has 1 aromatic rings. The number of carbonyl (C=O) groups excluding carboxylic acids is 1. The van der Waals surface area contributed by atoms with Crippen LogP contribution in [0.1, 0.15) is 61.5 Å². The third kappa shape index (κ3) is 2.43. The first-order valence-electron chi connectivity index (χ1n) is 6.65. The number of ketones is 1. The van der Waals surface area contributed by atoms with E-state index in [4.69, 9.17) is 0 Å². The molecule has 0 aliphatic heterocycles. The van der Waals surface area contributed by atoms with Gasteiger partial charge in [-0.2, -0.15) is 0 Å². The van der Waals surface area contributed by atoms with Gasteiger partial charge in [-0.15, -0.1) is 0 Å². The number of carbonyl (C=O) groups is 1. The van der Waals surface area contributed by atoms with E-state index in [1.165, 1.54) is 11.1 Å². The SMILES string of the molecule is CC(C)c1ccc2c(c1)[14C](=O)CC(C(C)C)C2. The molecule has 1 nitrogen and oxygen atoms in total. The Labute approximate surface area is 104 Å². The summed E-state index contributed by atoms with van der Waals surface area (Å²) in [6, 6.07) is 6.45. The Kier molecular flexibility index (Phi) is 3.37. The van der Waals surface area contributed by atoms with E-state index in [-0.39, 0.29) is 0 Å². The van der Waals surface area contributed by atoms with Gasteiger partial charge in [0, 0.05) is 12.0 Å². The maximum Gasteiger partial charge on any atom is 0.163 e. The molecule has 0 radical (unpaired) electrons. The zero-order valence-electron chi connectivity index (χ0n) is 11.3. The van der Waals surface area contributed by atoms with Crippen LogP contribution in [0.5, 0.6) is 0 Å². The molecule has 0 amide bonds. The molecule has 17 heavy (non-hydrogen) atoms. The Hall–Kier alpha value is -1.11. The first kappa shape index (κ1) is 12.3. The number of fused-ring (bicyclic) bond motifs is 1. The number of Topliss-reactive ketones (excluding diaryl/α,β-unsaturated/α-hetero) is 1. The number of rotatable bonds is 2. The van der Waals surface area contributed by atoms with Crippen molar-refractivity contribution in [2.45, 2.75) is 46.5 Å². The van der Waals surface area contributed by atoms with Gasteiger partial charge in [-0.3, -0.25) is 4.79 Å². The van der Waals surface area contributed by atoms with Gasteiger partial charge in [0.15, 0.2) is 5.78 Å². The van der Waals surface area contributed by atoms with Crippen molar-refractivity contribution in [2.75, 3.05) is 0 Å². The predicted molar refractivity (Wildman–Crippen MR) is 71.5 cm³/mol. The molecule has 0 heterocycles. The van der Waals surface area contributed by atoms with Crippen LogP contribution in [-0.2, 0) is 6.42 Å². The molecule has 0 aromatic heterocycles. The van der Waals surface area contributed by atoms with Gasteiger partial charge in [0.2, 0.25) is 0 Å². The van der Waals surface area contributed by atoms with Gasteiger partial charge in [-0.05, 0) is 41.4 Å². The van der Waals surface area contributed by atoms with Crippen LogP contribution in [-0.4, -0.2) is 5.78 Å². The lowest BCUT2D eigenvalue weighted by Gasteiger charge is -2.27.